The van der Waals surface area contributed by atoms with Gasteiger partial charge in [-0.15, -0.1) is 0 Å². The van der Waals surface area contributed by atoms with Crippen molar-refractivity contribution in [3.8, 4) is 11.9 Å². The molecule has 0 radical (unpaired) electrons. The maximum Gasteiger partial charge on any atom is 0.207 e. The van der Waals surface area contributed by atoms with E-state index in [1.165, 1.54) is 24.5 Å². The lowest BCUT2D eigenvalue weighted by Crippen LogP contribution is -2.65. The first-order valence-corrected chi connectivity index (χ1v) is 12.8. The molecule has 4 aliphatic rings. The van der Waals surface area contributed by atoms with Crippen LogP contribution in [0, 0.1) is 35.0 Å². The van der Waals surface area contributed by atoms with E-state index in [-0.39, 0.29) is 22.9 Å². The van der Waals surface area contributed by atoms with Gasteiger partial charge >= 0.3 is 0 Å². The van der Waals surface area contributed by atoms with Crippen molar-refractivity contribution in [2.45, 2.75) is 62.3 Å². The Kier molecular flexibility index (Phi) is 5.50. The maximum atomic E-state index is 13.4. The van der Waals surface area contributed by atoms with E-state index in [2.05, 4.69) is 10.3 Å². The minimum Gasteiger partial charge on any atom is -0.478 e. The quantitative estimate of drug-likeness (QED) is 0.400. The van der Waals surface area contributed by atoms with E-state index in [0.29, 0.717) is 30.3 Å². The third-order valence-corrected chi connectivity index (χ3v) is 9.67. The number of rotatable bonds is 5. The number of sulfone groups is 1. The summed E-state index contributed by atoms with van der Waals surface area (Å²) in [7, 11) is -3.14. The van der Waals surface area contributed by atoms with Crippen LogP contribution in [0.15, 0.2) is 23.2 Å². The van der Waals surface area contributed by atoms with Crippen molar-refractivity contribution < 1.29 is 17.5 Å². The summed E-state index contributed by atoms with van der Waals surface area (Å²) in [6.07, 6.45) is 7.23. The van der Waals surface area contributed by atoms with E-state index >= 15 is 0 Å². The molecule has 4 bridgehead atoms. The van der Waals surface area contributed by atoms with E-state index in [1.54, 1.807) is 13.8 Å². The van der Waals surface area contributed by atoms with Gasteiger partial charge in [-0.3, -0.25) is 0 Å². The zero-order valence-corrected chi connectivity index (χ0v) is 19.4. The number of halogens is 2. The van der Waals surface area contributed by atoms with E-state index < -0.39 is 26.0 Å². The van der Waals surface area contributed by atoms with Crippen molar-refractivity contribution in [1.82, 2.24) is 5.32 Å². The van der Waals surface area contributed by atoms with Crippen LogP contribution in [0.4, 0.5) is 4.39 Å². The molecule has 5 rings (SSSR count). The SMILES string of the molecule is CC(C)(Oc1ccc(F)cc1Cl)/C(=N/C#N)NC1C2CC3CC1CC(S(C)(=O)=O)(C3)C2. The van der Waals surface area contributed by atoms with Crippen LogP contribution in [0.2, 0.25) is 5.02 Å². The predicted octanol–water partition coefficient (Wildman–Crippen LogP) is 4.10. The number of amidine groups is 1. The number of benzene rings is 1. The Morgan fingerprint density at radius 2 is 1.97 bits per heavy atom. The van der Waals surface area contributed by atoms with Crippen LogP contribution in [0.5, 0.6) is 5.75 Å². The molecule has 2 unspecified atom stereocenters. The molecule has 2 atom stereocenters. The highest BCUT2D eigenvalue weighted by Gasteiger charge is 2.60. The topological polar surface area (TPSA) is 91.5 Å². The highest BCUT2D eigenvalue weighted by Crippen LogP contribution is 2.58. The standard InChI is InChI=1S/C22H27ClFN3O3S/c1-21(2,30-18-5-4-16(24)8-17(18)23)20(26-12-25)27-19-14-6-13-7-15(19)11-22(9-13,10-14)31(3,28)29/h4-5,8,13-15,19H,6-7,9-11H2,1-3H3,(H,26,27). The molecule has 6 nitrogen and oxygen atoms in total. The minimum atomic E-state index is -3.14. The Hall–Kier alpha value is -1.85. The number of hydrogen-bond donors (Lipinski definition) is 1. The zero-order chi connectivity index (χ0) is 22.6. The third-order valence-electron chi connectivity index (χ3n) is 7.30. The maximum absolute atomic E-state index is 13.4. The number of nitrogens with zero attached hydrogens (tertiary/aromatic N) is 2. The van der Waals surface area contributed by atoms with Crippen LogP contribution in [0.3, 0.4) is 0 Å². The number of nitriles is 1. The fourth-order valence-electron chi connectivity index (χ4n) is 6.07. The van der Waals surface area contributed by atoms with E-state index in [0.717, 1.165) is 19.3 Å². The molecule has 168 valence electrons. The van der Waals surface area contributed by atoms with Crippen LogP contribution in [-0.2, 0) is 9.84 Å². The van der Waals surface area contributed by atoms with Gasteiger partial charge in [-0.1, -0.05) is 11.6 Å². The molecule has 9 heteroatoms. The Labute approximate surface area is 187 Å². The van der Waals surface area contributed by atoms with Crippen LogP contribution in [0.25, 0.3) is 0 Å². The predicted molar refractivity (Wildman–Crippen MR) is 117 cm³/mol. The van der Waals surface area contributed by atoms with Crippen molar-refractivity contribution in [3.05, 3.63) is 29.0 Å². The molecule has 4 saturated carbocycles. The molecule has 0 spiro atoms. The highest BCUT2D eigenvalue weighted by molar-refractivity contribution is 7.92. The van der Waals surface area contributed by atoms with Gasteiger partial charge in [-0.05, 0) is 81.9 Å². The molecule has 0 aliphatic heterocycles. The van der Waals surface area contributed by atoms with Crippen LogP contribution in [-0.4, -0.2) is 36.9 Å². The first kappa shape index (κ1) is 22.3. The van der Waals surface area contributed by atoms with Gasteiger partial charge in [-0.2, -0.15) is 10.3 Å². The fourth-order valence-corrected chi connectivity index (χ4v) is 7.85. The first-order valence-electron chi connectivity index (χ1n) is 10.5. The zero-order valence-electron chi connectivity index (χ0n) is 17.9. The minimum absolute atomic E-state index is 0.0325. The van der Waals surface area contributed by atoms with Gasteiger partial charge in [0.05, 0.1) is 9.77 Å². The first-order chi connectivity index (χ1) is 14.4. The summed E-state index contributed by atoms with van der Waals surface area (Å²) in [5, 5.41) is 12.9. The fraction of sp³-hybridized carbons (Fsp3) is 0.636. The second-order valence-corrected chi connectivity index (χ2v) is 12.7. The summed E-state index contributed by atoms with van der Waals surface area (Å²) in [6.45, 7) is 3.54. The molecule has 1 aromatic carbocycles. The van der Waals surface area contributed by atoms with E-state index in [1.807, 2.05) is 6.19 Å². The Morgan fingerprint density at radius 3 is 2.52 bits per heavy atom. The van der Waals surface area contributed by atoms with Gasteiger partial charge in [0.1, 0.15) is 11.6 Å². The normalized spacial score (nSPS) is 32.6. The van der Waals surface area contributed by atoms with Crippen LogP contribution in [0.1, 0.15) is 46.0 Å². The van der Waals surface area contributed by atoms with Crippen molar-refractivity contribution in [3.63, 3.8) is 0 Å². The Morgan fingerprint density at radius 1 is 1.32 bits per heavy atom. The van der Waals surface area contributed by atoms with Gasteiger partial charge in [0.15, 0.2) is 21.3 Å². The van der Waals surface area contributed by atoms with Crippen molar-refractivity contribution in [2.24, 2.45) is 22.7 Å². The number of hydrogen-bond acceptors (Lipinski definition) is 5. The smallest absolute Gasteiger partial charge is 0.207 e. The van der Waals surface area contributed by atoms with Gasteiger partial charge in [0.2, 0.25) is 6.19 Å². The average molecular weight is 468 g/mol. The number of nitrogens with one attached hydrogen (secondary N) is 1. The molecule has 0 saturated heterocycles. The van der Waals surface area contributed by atoms with Gasteiger partial charge in [0.25, 0.3) is 0 Å². The van der Waals surface area contributed by atoms with E-state index in [9.17, 15) is 18.1 Å². The van der Waals surface area contributed by atoms with Gasteiger partial charge in [0, 0.05) is 12.3 Å². The van der Waals surface area contributed by atoms with Crippen molar-refractivity contribution >= 4 is 27.3 Å². The van der Waals surface area contributed by atoms with Crippen LogP contribution < -0.4 is 10.1 Å². The summed E-state index contributed by atoms with van der Waals surface area (Å²) in [5.74, 6) is 1.03. The van der Waals surface area contributed by atoms with E-state index in [4.69, 9.17) is 16.3 Å². The molecule has 0 amide bonds. The molecule has 1 N–H and O–H groups in total. The molecule has 0 aromatic heterocycles. The van der Waals surface area contributed by atoms with Gasteiger partial charge < -0.3 is 10.1 Å². The molecule has 4 fully saturated rings. The lowest BCUT2D eigenvalue weighted by molar-refractivity contribution is 0.00460. The number of ether oxygens (including phenoxy) is 1. The second-order valence-electron chi connectivity index (χ2n) is 9.84. The molecule has 1 aromatic rings. The molecular formula is C22H27ClFN3O3S. The molecule has 31 heavy (non-hydrogen) atoms. The van der Waals surface area contributed by atoms with Crippen molar-refractivity contribution in [2.75, 3.05) is 6.26 Å². The lowest BCUT2D eigenvalue weighted by atomic mass is 9.53. The van der Waals surface area contributed by atoms with Crippen molar-refractivity contribution in [1.29, 1.82) is 5.26 Å². The lowest BCUT2D eigenvalue weighted by Gasteiger charge is -2.59. The highest BCUT2D eigenvalue weighted by atomic mass is 35.5. The molecular weight excluding hydrogens is 441 g/mol. The monoisotopic (exact) mass is 467 g/mol. The summed E-state index contributed by atoms with van der Waals surface area (Å²) in [5.41, 5.74) is -1.03. The van der Waals surface area contributed by atoms with Crippen LogP contribution >= 0.6 is 11.6 Å². The summed E-state index contributed by atoms with van der Waals surface area (Å²) in [4.78, 5) is 4.01. The Balaban J connectivity index is 1.57. The average Bonchev–Trinajstić information content (AvgIpc) is 2.64. The summed E-state index contributed by atoms with van der Waals surface area (Å²) < 4.78 is 44.0. The second kappa shape index (κ2) is 7.63. The molecule has 4 aliphatic carbocycles. The third kappa shape index (κ3) is 4.03. The Bertz CT molecular complexity index is 1050. The number of aliphatic imine (C=N–C) groups is 1. The van der Waals surface area contributed by atoms with Gasteiger partial charge in [-0.25, -0.2) is 12.8 Å². The summed E-state index contributed by atoms with van der Waals surface area (Å²) in [6, 6.07) is 3.91. The summed E-state index contributed by atoms with van der Waals surface area (Å²) >= 11 is 6.12. The largest absolute Gasteiger partial charge is 0.478 e. The molecule has 0 heterocycles.